The summed E-state index contributed by atoms with van der Waals surface area (Å²) in [6.07, 6.45) is 1.04. The van der Waals surface area contributed by atoms with Crippen molar-refractivity contribution >= 4 is 0 Å². The number of furan rings is 1. The van der Waals surface area contributed by atoms with Gasteiger partial charge in [0.05, 0.1) is 6.04 Å². The second-order valence-electron chi connectivity index (χ2n) is 4.22. The van der Waals surface area contributed by atoms with Gasteiger partial charge in [0.15, 0.2) is 0 Å². The average Bonchev–Trinajstić information content (AvgIpc) is 2.77. The molecule has 1 heterocycles. The first-order valence-corrected chi connectivity index (χ1v) is 6.07. The fourth-order valence-corrected chi connectivity index (χ4v) is 2.20. The van der Waals surface area contributed by atoms with Gasteiger partial charge < -0.3 is 9.73 Å². The maximum absolute atomic E-state index is 5.73. The van der Waals surface area contributed by atoms with Crippen LogP contribution in [0.2, 0.25) is 0 Å². The Morgan fingerprint density at radius 1 is 1.18 bits per heavy atom. The second kappa shape index (κ2) is 5.19. The van der Waals surface area contributed by atoms with E-state index in [1.54, 1.807) is 0 Å². The average molecular weight is 229 g/mol. The molecule has 0 aliphatic carbocycles. The van der Waals surface area contributed by atoms with Crippen molar-refractivity contribution < 1.29 is 4.42 Å². The molecule has 2 nitrogen and oxygen atoms in total. The Balaban J connectivity index is 2.41. The highest BCUT2D eigenvalue weighted by Crippen LogP contribution is 2.26. The highest BCUT2D eigenvalue weighted by molar-refractivity contribution is 5.34. The molecule has 1 N–H and O–H groups in total. The lowest BCUT2D eigenvalue weighted by Crippen LogP contribution is -2.18. The van der Waals surface area contributed by atoms with E-state index >= 15 is 0 Å². The van der Waals surface area contributed by atoms with Crippen LogP contribution in [0.4, 0.5) is 0 Å². The molecule has 1 unspecified atom stereocenters. The molecule has 2 rings (SSSR count). The van der Waals surface area contributed by atoms with Crippen molar-refractivity contribution in [3.63, 3.8) is 0 Å². The molecule has 1 atom stereocenters. The zero-order chi connectivity index (χ0) is 12.3. The lowest BCUT2D eigenvalue weighted by Gasteiger charge is -2.17. The van der Waals surface area contributed by atoms with E-state index in [-0.39, 0.29) is 6.04 Å². The van der Waals surface area contributed by atoms with Gasteiger partial charge in [-0.25, -0.2) is 0 Å². The largest absolute Gasteiger partial charge is 0.464 e. The Bertz CT molecular complexity index is 487. The van der Waals surface area contributed by atoms with Gasteiger partial charge in [0.2, 0.25) is 0 Å². The van der Waals surface area contributed by atoms with E-state index in [9.17, 15) is 0 Å². The van der Waals surface area contributed by atoms with Crippen LogP contribution in [0.1, 0.15) is 35.6 Å². The van der Waals surface area contributed by atoms with Crippen molar-refractivity contribution in [2.75, 3.05) is 7.05 Å². The van der Waals surface area contributed by atoms with Crippen molar-refractivity contribution in [2.24, 2.45) is 0 Å². The fourth-order valence-electron chi connectivity index (χ4n) is 2.20. The van der Waals surface area contributed by atoms with Gasteiger partial charge in [-0.15, -0.1) is 0 Å². The molecule has 0 saturated carbocycles. The zero-order valence-corrected chi connectivity index (χ0v) is 10.7. The molecule has 17 heavy (non-hydrogen) atoms. The Morgan fingerprint density at radius 2 is 1.94 bits per heavy atom. The molecule has 0 spiro atoms. The molecule has 1 aromatic heterocycles. The summed E-state index contributed by atoms with van der Waals surface area (Å²) in [7, 11) is 1.97. The first-order chi connectivity index (χ1) is 8.26. The molecule has 0 saturated heterocycles. The Morgan fingerprint density at radius 3 is 2.53 bits per heavy atom. The molecule has 1 aromatic carbocycles. The predicted molar refractivity (Wildman–Crippen MR) is 70.2 cm³/mol. The summed E-state index contributed by atoms with van der Waals surface area (Å²) in [6.45, 7) is 4.15. The summed E-state index contributed by atoms with van der Waals surface area (Å²) >= 11 is 0. The summed E-state index contributed by atoms with van der Waals surface area (Å²) in [6, 6.07) is 12.7. The second-order valence-corrected chi connectivity index (χ2v) is 4.22. The van der Waals surface area contributed by atoms with E-state index in [4.69, 9.17) is 4.42 Å². The summed E-state index contributed by atoms with van der Waals surface area (Å²) in [5.74, 6) is 1.93. The Labute approximate surface area is 103 Å². The molecule has 2 heteroatoms. The number of nitrogens with one attached hydrogen (secondary N) is 1. The van der Waals surface area contributed by atoms with E-state index in [0.717, 1.165) is 17.9 Å². The topological polar surface area (TPSA) is 25.2 Å². The van der Waals surface area contributed by atoms with Crippen LogP contribution >= 0.6 is 0 Å². The summed E-state index contributed by atoms with van der Waals surface area (Å²) in [5.41, 5.74) is 2.66. The van der Waals surface area contributed by atoms with E-state index in [1.165, 1.54) is 11.1 Å². The van der Waals surface area contributed by atoms with Gasteiger partial charge in [0.1, 0.15) is 11.5 Å². The van der Waals surface area contributed by atoms with Crippen molar-refractivity contribution in [2.45, 2.75) is 26.3 Å². The molecule has 0 aliphatic heterocycles. The lowest BCUT2D eigenvalue weighted by atomic mass is 9.97. The maximum Gasteiger partial charge on any atom is 0.125 e. The minimum atomic E-state index is 0.139. The lowest BCUT2D eigenvalue weighted by molar-refractivity contribution is 0.443. The third-order valence-corrected chi connectivity index (χ3v) is 3.08. The van der Waals surface area contributed by atoms with Crippen LogP contribution < -0.4 is 5.32 Å². The Hall–Kier alpha value is -1.54. The minimum absolute atomic E-state index is 0.139. The van der Waals surface area contributed by atoms with Crippen LogP contribution in [0, 0.1) is 6.92 Å². The third kappa shape index (κ3) is 2.42. The van der Waals surface area contributed by atoms with Crippen molar-refractivity contribution in [1.29, 1.82) is 0 Å². The van der Waals surface area contributed by atoms with Crippen LogP contribution in [-0.4, -0.2) is 7.05 Å². The molecule has 0 aliphatic rings. The van der Waals surface area contributed by atoms with Gasteiger partial charge in [-0.1, -0.05) is 31.2 Å². The fraction of sp³-hybridized carbons (Fsp3) is 0.333. The minimum Gasteiger partial charge on any atom is -0.464 e. The van der Waals surface area contributed by atoms with Gasteiger partial charge in [0, 0.05) is 0 Å². The van der Waals surface area contributed by atoms with Crippen LogP contribution in [0.25, 0.3) is 0 Å². The van der Waals surface area contributed by atoms with E-state index < -0.39 is 0 Å². The molecule has 0 amide bonds. The van der Waals surface area contributed by atoms with Gasteiger partial charge in [-0.3, -0.25) is 0 Å². The van der Waals surface area contributed by atoms with E-state index in [2.05, 4.69) is 36.5 Å². The molecular formula is C15H19NO. The van der Waals surface area contributed by atoms with Crippen LogP contribution in [0.5, 0.6) is 0 Å². The van der Waals surface area contributed by atoms with Crippen LogP contribution in [0.15, 0.2) is 40.8 Å². The zero-order valence-electron chi connectivity index (χ0n) is 10.7. The first kappa shape index (κ1) is 11.9. The molecule has 0 radical (unpaired) electrons. The first-order valence-electron chi connectivity index (χ1n) is 6.07. The van der Waals surface area contributed by atoms with Gasteiger partial charge in [-0.2, -0.15) is 0 Å². The monoisotopic (exact) mass is 229 g/mol. The smallest absolute Gasteiger partial charge is 0.125 e. The summed E-state index contributed by atoms with van der Waals surface area (Å²) < 4.78 is 5.73. The Kier molecular flexibility index (Phi) is 3.64. The van der Waals surface area contributed by atoms with E-state index in [0.29, 0.717) is 0 Å². The van der Waals surface area contributed by atoms with Gasteiger partial charge >= 0.3 is 0 Å². The highest BCUT2D eigenvalue weighted by Gasteiger charge is 2.17. The highest BCUT2D eigenvalue weighted by atomic mass is 16.3. The normalized spacial score (nSPS) is 12.6. The number of rotatable bonds is 4. The number of benzene rings is 1. The summed E-state index contributed by atoms with van der Waals surface area (Å²) in [5, 5.41) is 3.33. The van der Waals surface area contributed by atoms with Gasteiger partial charge in [-0.05, 0) is 43.7 Å². The maximum atomic E-state index is 5.73. The van der Waals surface area contributed by atoms with Crippen molar-refractivity contribution in [1.82, 2.24) is 5.32 Å². The third-order valence-electron chi connectivity index (χ3n) is 3.08. The van der Waals surface area contributed by atoms with E-state index in [1.807, 2.05) is 26.1 Å². The SMILES string of the molecule is CCc1ccccc1C(NC)c1ccc(C)o1. The van der Waals surface area contributed by atoms with Crippen LogP contribution in [0.3, 0.4) is 0 Å². The standard InChI is InChI=1S/C15H19NO/c1-4-12-7-5-6-8-13(12)15(16-3)14-10-9-11(2)17-14/h5-10,15-16H,4H2,1-3H3. The molecule has 0 fully saturated rings. The summed E-state index contributed by atoms with van der Waals surface area (Å²) in [4.78, 5) is 0. The molecule has 0 bridgehead atoms. The predicted octanol–water partition coefficient (Wildman–Crippen LogP) is 3.46. The molecule has 2 aromatic rings. The number of hydrogen-bond donors (Lipinski definition) is 1. The number of hydrogen-bond acceptors (Lipinski definition) is 2. The quantitative estimate of drug-likeness (QED) is 0.868. The van der Waals surface area contributed by atoms with Crippen molar-refractivity contribution in [3.05, 3.63) is 59.0 Å². The molecular weight excluding hydrogens is 210 g/mol. The van der Waals surface area contributed by atoms with Crippen LogP contribution in [-0.2, 0) is 6.42 Å². The van der Waals surface area contributed by atoms with Gasteiger partial charge in [0.25, 0.3) is 0 Å². The molecule has 90 valence electrons. The van der Waals surface area contributed by atoms with Crippen molar-refractivity contribution in [3.8, 4) is 0 Å². The number of aryl methyl sites for hydroxylation is 2.